The highest BCUT2D eigenvalue weighted by atomic mass is 16.5. The molecule has 1 saturated heterocycles. The molecule has 2 fully saturated rings. The van der Waals surface area contributed by atoms with Crippen molar-refractivity contribution in [3.05, 3.63) is 131 Å². The van der Waals surface area contributed by atoms with E-state index in [1.807, 2.05) is 12.1 Å². The minimum absolute atomic E-state index is 0.00606. The molecule has 0 bridgehead atoms. The lowest BCUT2D eigenvalue weighted by molar-refractivity contribution is 0.163. The van der Waals surface area contributed by atoms with E-state index in [-0.39, 0.29) is 5.41 Å². The topological polar surface area (TPSA) is 33.7 Å². The fourth-order valence-electron chi connectivity index (χ4n) is 9.56. The SMILES string of the molecule is COc1ccc(C2(c3ccc(N(C)C)cc3)C=Cc3c4c(c5ccccc5c3O2)-c2ccccc2C42CC3CCNCCC3C2)cc1. The van der Waals surface area contributed by atoms with Crippen molar-refractivity contribution in [2.75, 3.05) is 39.2 Å². The second-order valence-electron chi connectivity index (χ2n) is 14.3. The molecule has 9 rings (SSSR count). The monoisotopic (exact) mass is 618 g/mol. The van der Waals surface area contributed by atoms with Gasteiger partial charge in [-0.25, -0.2) is 0 Å². The molecule has 1 N–H and O–H groups in total. The molecular formula is C43H42N2O2. The molecular weight excluding hydrogens is 576 g/mol. The molecule has 0 aromatic heterocycles. The molecule has 47 heavy (non-hydrogen) atoms. The molecule has 3 unspecified atom stereocenters. The summed E-state index contributed by atoms with van der Waals surface area (Å²) < 4.78 is 13.2. The number of benzene rings is 5. The van der Waals surface area contributed by atoms with Crippen LogP contribution >= 0.6 is 0 Å². The van der Waals surface area contributed by atoms with Crippen LogP contribution in [-0.4, -0.2) is 34.3 Å². The Balaban J connectivity index is 1.30. The van der Waals surface area contributed by atoms with Crippen LogP contribution in [-0.2, 0) is 11.0 Å². The summed E-state index contributed by atoms with van der Waals surface area (Å²) in [6.07, 6.45) is 9.67. The van der Waals surface area contributed by atoms with E-state index < -0.39 is 5.60 Å². The molecule has 3 atom stereocenters. The van der Waals surface area contributed by atoms with Crippen LogP contribution in [0.5, 0.6) is 11.5 Å². The lowest BCUT2D eigenvalue weighted by atomic mass is 9.72. The summed E-state index contributed by atoms with van der Waals surface area (Å²) in [6.45, 7) is 2.25. The molecule has 2 aliphatic carbocycles. The quantitative estimate of drug-likeness (QED) is 0.218. The molecule has 5 aromatic carbocycles. The minimum atomic E-state index is -0.799. The first-order valence-electron chi connectivity index (χ1n) is 17.2. The van der Waals surface area contributed by atoms with Gasteiger partial charge >= 0.3 is 0 Å². The first-order chi connectivity index (χ1) is 23.0. The lowest BCUT2D eigenvalue weighted by Crippen LogP contribution is -2.35. The van der Waals surface area contributed by atoms with Gasteiger partial charge in [0.05, 0.1) is 7.11 Å². The van der Waals surface area contributed by atoms with Gasteiger partial charge in [0, 0.05) is 47.3 Å². The van der Waals surface area contributed by atoms with Crippen molar-refractivity contribution >= 4 is 22.5 Å². The molecule has 5 aromatic rings. The molecule has 236 valence electrons. The van der Waals surface area contributed by atoms with E-state index >= 15 is 0 Å². The molecule has 2 heterocycles. The zero-order valence-electron chi connectivity index (χ0n) is 27.6. The number of ether oxygens (including phenoxy) is 2. The third-order valence-corrected chi connectivity index (χ3v) is 11.7. The van der Waals surface area contributed by atoms with Gasteiger partial charge in [-0.3, -0.25) is 0 Å². The number of rotatable bonds is 4. The van der Waals surface area contributed by atoms with Gasteiger partial charge in [-0.05, 0) is 109 Å². The maximum atomic E-state index is 7.59. The van der Waals surface area contributed by atoms with E-state index in [1.165, 1.54) is 64.3 Å². The van der Waals surface area contributed by atoms with Gasteiger partial charge in [0.2, 0.25) is 0 Å². The predicted molar refractivity (Wildman–Crippen MR) is 193 cm³/mol. The number of nitrogens with zero attached hydrogens (tertiary/aromatic N) is 1. The van der Waals surface area contributed by atoms with Crippen LogP contribution in [0.3, 0.4) is 0 Å². The van der Waals surface area contributed by atoms with E-state index in [4.69, 9.17) is 9.47 Å². The fraction of sp³-hybridized carbons (Fsp3) is 0.302. The molecule has 4 aliphatic rings. The van der Waals surface area contributed by atoms with Crippen LogP contribution in [0.4, 0.5) is 5.69 Å². The van der Waals surface area contributed by atoms with E-state index in [0.29, 0.717) is 0 Å². The average molecular weight is 619 g/mol. The molecule has 2 aliphatic heterocycles. The second-order valence-corrected chi connectivity index (χ2v) is 14.3. The number of fused-ring (bicyclic) bond motifs is 11. The van der Waals surface area contributed by atoms with Gasteiger partial charge in [-0.15, -0.1) is 0 Å². The molecule has 0 amide bonds. The van der Waals surface area contributed by atoms with Crippen molar-refractivity contribution in [2.45, 2.75) is 36.7 Å². The fourth-order valence-corrected chi connectivity index (χ4v) is 9.56. The summed E-state index contributed by atoms with van der Waals surface area (Å²) in [6, 6.07) is 35.5. The Hall–Kier alpha value is -4.54. The third-order valence-electron chi connectivity index (χ3n) is 11.7. The van der Waals surface area contributed by atoms with Crippen molar-refractivity contribution in [3.63, 3.8) is 0 Å². The Labute approximate surface area is 278 Å². The zero-order valence-corrected chi connectivity index (χ0v) is 27.6. The summed E-state index contributed by atoms with van der Waals surface area (Å²) in [5.41, 5.74) is 9.66. The van der Waals surface area contributed by atoms with E-state index in [9.17, 15) is 0 Å². The predicted octanol–water partition coefficient (Wildman–Crippen LogP) is 8.94. The van der Waals surface area contributed by atoms with E-state index in [2.05, 4.69) is 121 Å². The summed E-state index contributed by atoms with van der Waals surface area (Å²) in [5, 5.41) is 6.15. The standard InChI is InChI=1S/C43H42N2O2/c1-45(2)32-16-12-30(13-17-32)43(31-14-18-33(46-3)19-15-31)23-20-37-40-39(34-8-4-5-9-35(34)41(37)47-43)36-10-6-7-11-38(36)42(40)26-28-21-24-44-25-22-29(28)27-42/h4-20,23,28-29,44H,21-22,24-27H2,1-3H3. The summed E-state index contributed by atoms with van der Waals surface area (Å²) in [5.74, 6) is 3.29. The van der Waals surface area contributed by atoms with Gasteiger partial charge < -0.3 is 19.7 Å². The Morgan fingerprint density at radius 3 is 2.09 bits per heavy atom. The minimum Gasteiger partial charge on any atom is -0.497 e. The maximum Gasteiger partial charge on any atom is 0.178 e. The summed E-state index contributed by atoms with van der Waals surface area (Å²) in [7, 11) is 5.88. The number of methoxy groups -OCH3 is 1. The number of anilines is 1. The molecule has 4 nitrogen and oxygen atoms in total. The average Bonchev–Trinajstić information content (AvgIpc) is 3.53. The van der Waals surface area contributed by atoms with Crippen molar-refractivity contribution < 1.29 is 9.47 Å². The normalized spacial score (nSPS) is 25.4. The van der Waals surface area contributed by atoms with Crippen LogP contribution in [0.1, 0.15) is 53.5 Å². The maximum absolute atomic E-state index is 7.59. The molecule has 1 saturated carbocycles. The van der Waals surface area contributed by atoms with Gasteiger partial charge in [-0.2, -0.15) is 0 Å². The summed E-state index contributed by atoms with van der Waals surface area (Å²) in [4.78, 5) is 2.14. The van der Waals surface area contributed by atoms with Crippen molar-refractivity contribution in [3.8, 4) is 22.6 Å². The van der Waals surface area contributed by atoms with Crippen molar-refractivity contribution in [1.29, 1.82) is 0 Å². The highest BCUT2D eigenvalue weighted by molar-refractivity contribution is 6.08. The summed E-state index contributed by atoms with van der Waals surface area (Å²) >= 11 is 0. The van der Waals surface area contributed by atoms with E-state index in [0.717, 1.165) is 53.2 Å². The number of hydrogen-bond acceptors (Lipinski definition) is 4. The highest BCUT2D eigenvalue weighted by Crippen LogP contribution is 2.65. The highest BCUT2D eigenvalue weighted by Gasteiger charge is 2.54. The number of hydrogen-bond donors (Lipinski definition) is 1. The van der Waals surface area contributed by atoms with Crippen LogP contribution in [0.15, 0.2) is 103 Å². The first-order valence-corrected chi connectivity index (χ1v) is 17.2. The zero-order chi connectivity index (χ0) is 31.8. The Morgan fingerprint density at radius 1 is 0.766 bits per heavy atom. The van der Waals surface area contributed by atoms with Crippen molar-refractivity contribution in [1.82, 2.24) is 5.32 Å². The van der Waals surface area contributed by atoms with Gasteiger partial charge in [0.15, 0.2) is 5.60 Å². The lowest BCUT2D eigenvalue weighted by Gasteiger charge is -2.39. The van der Waals surface area contributed by atoms with Crippen LogP contribution in [0.2, 0.25) is 0 Å². The van der Waals surface area contributed by atoms with Crippen LogP contribution in [0, 0.1) is 11.8 Å². The second kappa shape index (κ2) is 10.7. The third kappa shape index (κ3) is 4.17. The first kappa shape index (κ1) is 28.7. The van der Waals surface area contributed by atoms with Gasteiger partial charge in [-0.1, -0.05) is 78.9 Å². The molecule has 1 spiro atoms. The van der Waals surface area contributed by atoms with Crippen molar-refractivity contribution in [2.24, 2.45) is 11.8 Å². The van der Waals surface area contributed by atoms with Crippen LogP contribution < -0.4 is 19.7 Å². The van der Waals surface area contributed by atoms with Gasteiger partial charge in [0.25, 0.3) is 0 Å². The molecule has 0 radical (unpaired) electrons. The molecule has 4 heteroatoms. The smallest absolute Gasteiger partial charge is 0.178 e. The Morgan fingerprint density at radius 2 is 1.40 bits per heavy atom. The van der Waals surface area contributed by atoms with Gasteiger partial charge in [0.1, 0.15) is 11.5 Å². The Kier molecular flexibility index (Phi) is 6.56. The van der Waals surface area contributed by atoms with Crippen LogP contribution in [0.25, 0.3) is 28.0 Å². The largest absolute Gasteiger partial charge is 0.497 e. The Bertz CT molecular complexity index is 2010. The number of nitrogens with one attached hydrogen (secondary N) is 1. The van der Waals surface area contributed by atoms with E-state index in [1.54, 1.807) is 7.11 Å².